The maximum absolute atomic E-state index is 3.31. The minimum absolute atomic E-state index is 1.24. The quantitative estimate of drug-likeness (QED) is 0.293. The zero-order valence-corrected chi connectivity index (χ0v) is 14.0. The molecular weight excluding hydrogens is 284 g/mol. The summed E-state index contributed by atoms with van der Waals surface area (Å²) in [5.74, 6) is 0. The summed E-state index contributed by atoms with van der Waals surface area (Å²) in [4.78, 5) is 1.98. The van der Waals surface area contributed by atoms with Gasteiger partial charge in [-0.15, -0.1) is 0 Å². The van der Waals surface area contributed by atoms with E-state index >= 15 is 0 Å². The summed E-state index contributed by atoms with van der Waals surface area (Å²) in [7, 11) is 0. The Kier molecular flexibility index (Phi) is 17.4. The van der Waals surface area contributed by atoms with Gasteiger partial charge >= 0.3 is 0 Å². The maximum atomic E-state index is 3.31. The fourth-order valence-corrected chi connectivity index (χ4v) is 2.61. The Morgan fingerprint density at radius 1 is 0.611 bits per heavy atom. The van der Waals surface area contributed by atoms with E-state index in [2.05, 4.69) is 28.9 Å². The summed E-state index contributed by atoms with van der Waals surface area (Å²) in [5.41, 5.74) is 0. The van der Waals surface area contributed by atoms with E-state index in [1.807, 2.05) is 4.99 Å². The number of halogens is 1. The van der Waals surface area contributed by atoms with Crippen molar-refractivity contribution in [3.05, 3.63) is 11.1 Å². The lowest BCUT2D eigenvalue weighted by Gasteiger charge is -2.02. The normalized spacial score (nSPS) is 11.4. The van der Waals surface area contributed by atoms with Crippen LogP contribution in [0.25, 0.3) is 0 Å². The lowest BCUT2D eigenvalue weighted by molar-refractivity contribution is 0.540. The molecule has 0 saturated heterocycles. The predicted octanol–water partition coefficient (Wildman–Crippen LogP) is 7.38. The van der Waals surface area contributed by atoms with E-state index in [9.17, 15) is 0 Å². The minimum Gasteiger partial charge on any atom is -0.0776 e. The van der Waals surface area contributed by atoms with Gasteiger partial charge in [-0.2, -0.15) is 0 Å². The molecule has 0 bridgehead atoms. The van der Waals surface area contributed by atoms with Crippen LogP contribution in [0, 0.1) is 0 Å². The minimum atomic E-state index is 1.24. The van der Waals surface area contributed by atoms with Crippen molar-refractivity contribution in [2.24, 2.45) is 0 Å². The van der Waals surface area contributed by atoms with Gasteiger partial charge in [0, 0.05) is 0 Å². The van der Waals surface area contributed by atoms with E-state index < -0.39 is 0 Å². The second-order valence-corrected chi connectivity index (χ2v) is 5.92. The third kappa shape index (κ3) is 16.2. The van der Waals surface area contributed by atoms with E-state index in [0.717, 1.165) is 0 Å². The number of allylic oxidation sites excluding steroid dienone is 1. The Morgan fingerprint density at radius 3 is 1.39 bits per heavy atom. The predicted molar refractivity (Wildman–Crippen MR) is 88.4 cm³/mol. The van der Waals surface area contributed by atoms with Crippen LogP contribution in [-0.2, 0) is 0 Å². The Labute approximate surface area is 124 Å². The molecule has 0 unspecified atom stereocenters. The molecule has 0 atom stereocenters. The first-order chi connectivity index (χ1) is 8.91. The molecule has 108 valence electrons. The largest absolute Gasteiger partial charge is 0.0776 e. The average Bonchev–Trinajstić information content (AvgIpc) is 2.39. The summed E-state index contributed by atoms with van der Waals surface area (Å²) in [6, 6.07) is 0. The molecule has 0 rings (SSSR count). The number of hydrogen-bond donors (Lipinski definition) is 0. The van der Waals surface area contributed by atoms with Crippen molar-refractivity contribution in [1.82, 2.24) is 0 Å². The van der Waals surface area contributed by atoms with E-state index in [1.54, 1.807) is 0 Å². The van der Waals surface area contributed by atoms with Gasteiger partial charge < -0.3 is 0 Å². The summed E-state index contributed by atoms with van der Waals surface area (Å²) >= 11 is 3.31. The highest BCUT2D eigenvalue weighted by atomic mass is 79.9. The van der Waals surface area contributed by atoms with Crippen molar-refractivity contribution in [3.63, 3.8) is 0 Å². The number of hydrogen-bond acceptors (Lipinski definition) is 0. The van der Waals surface area contributed by atoms with Crippen LogP contribution in [0.1, 0.15) is 96.8 Å². The van der Waals surface area contributed by atoms with Crippen molar-refractivity contribution in [2.45, 2.75) is 96.8 Å². The Bertz CT molecular complexity index is 163. The summed E-state index contributed by atoms with van der Waals surface area (Å²) in [5, 5.41) is 0. The molecule has 0 radical (unpaired) electrons. The molecule has 0 amide bonds. The Hall–Kier alpha value is 0.220. The third-order valence-corrected chi connectivity index (χ3v) is 3.94. The maximum Gasteiger partial charge on any atom is -0.0229 e. The number of unbranched alkanes of at least 4 members (excludes halogenated alkanes) is 13. The SMILES string of the molecule is CCCCCCCCCCCCCCCC=CBr. The Morgan fingerprint density at radius 2 is 1.00 bits per heavy atom. The molecular formula is C17H33Br. The number of rotatable bonds is 14. The summed E-state index contributed by atoms with van der Waals surface area (Å²) in [6.45, 7) is 2.29. The molecule has 0 aliphatic rings. The molecule has 0 aromatic heterocycles. The standard InChI is InChI=1S/C17H33Br/c1-2-3-4-5-6-7-8-9-10-11-12-13-14-15-16-17-18/h16-17H,2-15H2,1H3. The van der Waals surface area contributed by atoms with Crippen LogP contribution in [0.15, 0.2) is 11.1 Å². The lowest BCUT2D eigenvalue weighted by Crippen LogP contribution is -1.82. The molecule has 0 aliphatic carbocycles. The van der Waals surface area contributed by atoms with E-state index in [4.69, 9.17) is 0 Å². The topological polar surface area (TPSA) is 0 Å². The average molecular weight is 317 g/mol. The highest BCUT2D eigenvalue weighted by Crippen LogP contribution is 2.12. The van der Waals surface area contributed by atoms with Crippen LogP contribution < -0.4 is 0 Å². The van der Waals surface area contributed by atoms with Gasteiger partial charge in [0.1, 0.15) is 0 Å². The van der Waals surface area contributed by atoms with Gasteiger partial charge in [0.25, 0.3) is 0 Å². The smallest absolute Gasteiger partial charge is 0.0229 e. The molecule has 0 heterocycles. The van der Waals surface area contributed by atoms with Crippen molar-refractivity contribution < 1.29 is 0 Å². The van der Waals surface area contributed by atoms with Crippen LogP contribution in [0.2, 0.25) is 0 Å². The van der Waals surface area contributed by atoms with Crippen LogP contribution >= 0.6 is 15.9 Å². The van der Waals surface area contributed by atoms with Gasteiger partial charge in [0.2, 0.25) is 0 Å². The Balaban J connectivity index is 2.90. The molecule has 0 fully saturated rings. The van der Waals surface area contributed by atoms with E-state index in [-0.39, 0.29) is 0 Å². The molecule has 0 aromatic carbocycles. The van der Waals surface area contributed by atoms with Gasteiger partial charge in [-0.05, 0) is 17.8 Å². The van der Waals surface area contributed by atoms with Gasteiger partial charge in [-0.3, -0.25) is 0 Å². The molecule has 0 saturated carbocycles. The fourth-order valence-electron chi connectivity index (χ4n) is 2.34. The fraction of sp³-hybridized carbons (Fsp3) is 0.882. The zero-order valence-electron chi connectivity index (χ0n) is 12.4. The molecule has 0 aliphatic heterocycles. The lowest BCUT2D eigenvalue weighted by atomic mass is 10.0. The molecule has 18 heavy (non-hydrogen) atoms. The van der Waals surface area contributed by atoms with Crippen molar-refractivity contribution in [3.8, 4) is 0 Å². The highest BCUT2D eigenvalue weighted by Gasteiger charge is 1.93. The summed E-state index contributed by atoms with van der Waals surface area (Å²) in [6.07, 6.45) is 22.2. The van der Waals surface area contributed by atoms with Gasteiger partial charge in [-0.1, -0.05) is 106 Å². The first kappa shape index (κ1) is 18.2. The zero-order chi connectivity index (χ0) is 13.3. The third-order valence-electron chi connectivity index (χ3n) is 3.56. The van der Waals surface area contributed by atoms with Gasteiger partial charge in [0.15, 0.2) is 0 Å². The highest BCUT2D eigenvalue weighted by molar-refractivity contribution is 9.11. The van der Waals surface area contributed by atoms with E-state index in [1.165, 1.54) is 89.9 Å². The molecule has 0 N–H and O–H groups in total. The summed E-state index contributed by atoms with van der Waals surface area (Å²) < 4.78 is 0. The van der Waals surface area contributed by atoms with Gasteiger partial charge in [0.05, 0.1) is 0 Å². The van der Waals surface area contributed by atoms with Crippen molar-refractivity contribution in [2.75, 3.05) is 0 Å². The van der Waals surface area contributed by atoms with Crippen LogP contribution in [-0.4, -0.2) is 0 Å². The van der Waals surface area contributed by atoms with Gasteiger partial charge in [-0.25, -0.2) is 0 Å². The molecule has 1 heteroatoms. The second kappa shape index (κ2) is 17.2. The molecule has 0 aromatic rings. The van der Waals surface area contributed by atoms with Crippen molar-refractivity contribution in [1.29, 1.82) is 0 Å². The monoisotopic (exact) mass is 316 g/mol. The second-order valence-electron chi connectivity index (χ2n) is 5.39. The molecule has 0 spiro atoms. The van der Waals surface area contributed by atoms with Crippen LogP contribution in [0.5, 0.6) is 0 Å². The van der Waals surface area contributed by atoms with Crippen molar-refractivity contribution >= 4 is 15.9 Å². The first-order valence-electron chi connectivity index (χ1n) is 8.17. The molecule has 0 nitrogen and oxygen atoms in total. The van der Waals surface area contributed by atoms with Crippen LogP contribution in [0.4, 0.5) is 0 Å². The van der Waals surface area contributed by atoms with E-state index in [0.29, 0.717) is 0 Å². The first-order valence-corrected chi connectivity index (χ1v) is 9.08. The van der Waals surface area contributed by atoms with Crippen LogP contribution in [0.3, 0.4) is 0 Å².